The molecule has 1 N–H and O–H groups in total. The monoisotopic (exact) mass is 252 g/mol. The number of nitrogens with one attached hydrogen (secondary N) is 1. The van der Waals surface area contributed by atoms with Gasteiger partial charge in [0, 0.05) is 6.54 Å². The van der Waals surface area contributed by atoms with Crippen LogP contribution in [0.25, 0.3) is 0 Å². The molecule has 18 heavy (non-hydrogen) atoms. The average molecular weight is 252 g/mol. The van der Waals surface area contributed by atoms with Gasteiger partial charge in [0.2, 0.25) is 0 Å². The highest BCUT2D eigenvalue weighted by Gasteiger charge is 2.17. The number of amides is 1. The number of hydrogen-bond acceptors (Lipinski definition) is 3. The van der Waals surface area contributed by atoms with E-state index in [0.29, 0.717) is 12.2 Å². The van der Waals surface area contributed by atoms with Gasteiger partial charge in [-0.15, -0.1) is 5.10 Å². The van der Waals surface area contributed by atoms with Crippen molar-refractivity contribution < 1.29 is 4.79 Å². The molecule has 5 nitrogen and oxygen atoms in total. The van der Waals surface area contributed by atoms with Crippen LogP contribution in [0.2, 0.25) is 0 Å². The summed E-state index contributed by atoms with van der Waals surface area (Å²) in [7, 11) is 0. The molecule has 5 heteroatoms. The molecular weight excluding hydrogens is 228 g/mol. The molecule has 102 valence electrons. The van der Waals surface area contributed by atoms with Crippen molar-refractivity contribution in [3.05, 3.63) is 11.9 Å². The van der Waals surface area contributed by atoms with Crippen molar-refractivity contribution >= 4 is 5.91 Å². The van der Waals surface area contributed by atoms with E-state index in [1.54, 1.807) is 10.9 Å². The molecule has 0 saturated heterocycles. The predicted octanol–water partition coefficient (Wildman–Crippen LogP) is 2.34. The van der Waals surface area contributed by atoms with Gasteiger partial charge in [0.25, 0.3) is 5.91 Å². The minimum atomic E-state index is -0.146. The van der Waals surface area contributed by atoms with E-state index in [1.165, 1.54) is 12.8 Å². The molecule has 0 spiro atoms. The van der Waals surface area contributed by atoms with Gasteiger partial charge < -0.3 is 5.32 Å². The predicted molar refractivity (Wildman–Crippen MR) is 71.5 cm³/mol. The van der Waals surface area contributed by atoms with Gasteiger partial charge in [0.1, 0.15) is 0 Å². The summed E-state index contributed by atoms with van der Waals surface area (Å²) in [5, 5.41) is 10.7. The lowest BCUT2D eigenvalue weighted by atomic mass is 10.1. The Hall–Kier alpha value is -1.39. The van der Waals surface area contributed by atoms with E-state index in [0.717, 1.165) is 12.8 Å². The van der Waals surface area contributed by atoms with E-state index in [9.17, 15) is 4.79 Å². The fourth-order valence-electron chi connectivity index (χ4n) is 1.54. The van der Waals surface area contributed by atoms with Gasteiger partial charge in [-0.1, -0.05) is 31.4 Å². The number of rotatable bonds is 6. The van der Waals surface area contributed by atoms with Crippen LogP contribution in [-0.4, -0.2) is 27.4 Å². The Balaban J connectivity index is 2.40. The van der Waals surface area contributed by atoms with E-state index in [2.05, 4.69) is 22.6 Å². The molecule has 0 aliphatic carbocycles. The normalized spacial score (nSPS) is 11.6. The summed E-state index contributed by atoms with van der Waals surface area (Å²) in [6.07, 6.45) is 6.30. The first-order valence-corrected chi connectivity index (χ1v) is 6.66. The molecule has 0 unspecified atom stereocenters. The van der Waals surface area contributed by atoms with Gasteiger partial charge in [0.05, 0.1) is 11.7 Å². The topological polar surface area (TPSA) is 59.8 Å². The third-order valence-corrected chi connectivity index (χ3v) is 2.73. The van der Waals surface area contributed by atoms with Crippen LogP contribution >= 0.6 is 0 Å². The van der Waals surface area contributed by atoms with Gasteiger partial charge in [-0.05, 0) is 27.2 Å². The van der Waals surface area contributed by atoms with Gasteiger partial charge in [-0.3, -0.25) is 4.79 Å². The summed E-state index contributed by atoms with van der Waals surface area (Å²) in [6, 6.07) is 0. The molecule has 0 aliphatic heterocycles. The minimum absolute atomic E-state index is 0.137. The van der Waals surface area contributed by atoms with Gasteiger partial charge in [-0.2, -0.15) is 0 Å². The highest BCUT2D eigenvalue weighted by Crippen LogP contribution is 2.11. The van der Waals surface area contributed by atoms with Crippen LogP contribution in [0.1, 0.15) is 63.9 Å². The molecule has 1 heterocycles. The Bertz CT molecular complexity index is 379. The maximum atomic E-state index is 11.8. The first-order chi connectivity index (χ1) is 8.45. The molecule has 0 saturated carbocycles. The summed E-state index contributed by atoms with van der Waals surface area (Å²) in [5.74, 6) is -0.137. The van der Waals surface area contributed by atoms with Crippen molar-refractivity contribution in [1.82, 2.24) is 20.3 Å². The van der Waals surface area contributed by atoms with Crippen LogP contribution in [0.3, 0.4) is 0 Å². The lowest BCUT2D eigenvalue weighted by molar-refractivity contribution is 0.0948. The van der Waals surface area contributed by atoms with Crippen molar-refractivity contribution in [2.75, 3.05) is 6.54 Å². The second-order valence-electron chi connectivity index (χ2n) is 5.54. The zero-order valence-corrected chi connectivity index (χ0v) is 11.9. The van der Waals surface area contributed by atoms with Crippen molar-refractivity contribution in [3.63, 3.8) is 0 Å². The summed E-state index contributed by atoms with van der Waals surface area (Å²) in [6.45, 7) is 8.95. The van der Waals surface area contributed by atoms with Crippen LogP contribution < -0.4 is 5.32 Å². The zero-order chi connectivity index (χ0) is 13.6. The lowest BCUT2D eigenvalue weighted by Crippen LogP contribution is -2.25. The standard InChI is InChI=1S/C13H24N4O/c1-5-6-7-8-9-14-12(18)11-10-17(16-15-11)13(2,3)4/h10H,5-9H2,1-4H3,(H,14,18). The van der Waals surface area contributed by atoms with Crippen LogP contribution in [0, 0.1) is 0 Å². The zero-order valence-electron chi connectivity index (χ0n) is 11.9. The summed E-state index contributed by atoms with van der Waals surface area (Å²) < 4.78 is 1.71. The average Bonchev–Trinajstić information content (AvgIpc) is 2.77. The van der Waals surface area contributed by atoms with Crippen molar-refractivity contribution in [3.8, 4) is 0 Å². The van der Waals surface area contributed by atoms with Crippen LogP contribution in [0.15, 0.2) is 6.20 Å². The smallest absolute Gasteiger partial charge is 0.273 e. The molecule has 0 atom stereocenters. The fraction of sp³-hybridized carbons (Fsp3) is 0.769. The number of carbonyl (C=O) groups excluding carboxylic acids is 1. The van der Waals surface area contributed by atoms with Crippen molar-refractivity contribution in [1.29, 1.82) is 0 Å². The second-order valence-corrected chi connectivity index (χ2v) is 5.54. The fourth-order valence-corrected chi connectivity index (χ4v) is 1.54. The van der Waals surface area contributed by atoms with Crippen molar-refractivity contribution in [2.45, 2.75) is 58.9 Å². The lowest BCUT2D eigenvalue weighted by Gasteiger charge is -2.17. The number of nitrogens with zero attached hydrogens (tertiary/aromatic N) is 3. The maximum absolute atomic E-state index is 11.8. The molecule has 0 bridgehead atoms. The number of unbranched alkanes of at least 4 members (excludes halogenated alkanes) is 3. The Morgan fingerprint density at radius 1 is 1.33 bits per heavy atom. The summed E-state index contributed by atoms with van der Waals surface area (Å²) >= 11 is 0. The SMILES string of the molecule is CCCCCCNC(=O)c1cn(C(C)(C)C)nn1. The van der Waals surface area contributed by atoms with Crippen LogP contribution in [0.4, 0.5) is 0 Å². The van der Waals surface area contributed by atoms with Crippen LogP contribution in [-0.2, 0) is 5.54 Å². The molecule has 1 amide bonds. The number of hydrogen-bond donors (Lipinski definition) is 1. The maximum Gasteiger partial charge on any atom is 0.273 e. The number of aromatic nitrogens is 3. The summed E-state index contributed by atoms with van der Waals surface area (Å²) in [5.41, 5.74) is 0.243. The molecule has 0 aromatic carbocycles. The Kier molecular flexibility index (Phi) is 5.31. The molecule has 1 aromatic heterocycles. The summed E-state index contributed by atoms with van der Waals surface area (Å²) in [4.78, 5) is 11.8. The van der Waals surface area contributed by atoms with Crippen molar-refractivity contribution in [2.24, 2.45) is 0 Å². The van der Waals surface area contributed by atoms with E-state index >= 15 is 0 Å². The third kappa shape index (κ3) is 4.47. The van der Waals surface area contributed by atoms with E-state index in [-0.39, 0.29) is 11.4 Å². The first-order valence-electron chi connectivity index (χ1n) is 6.66. The molecular formula is C13H24N4O. The Labute approximate surface area is 109 Å². The largest absolute Gasteiger partial charge is 0.351 e. The second kappa shape index (κ2) is 6.52. The van der Waals surface area contributed by atoms with E-state index < -0.39 is 0 Å². The third-order valence-electron chi connectivity index (χ3n) is 2.73. The molecule has 0 aliphatic rings. The Morgan fingerprint density at radius 2 is 2.06 bits per heavy atom. The quantitative estimate of drug-likeness (QED) is 0.790. The highest BCUT2D eigenvalue weighted by atomic mass is 16.2. The highest BCUT2D eigenvalue weighted by molar-refractivity contribution is 5.91. The van der Waals surface area contributed by atoms with Gasteiger partial charge in [0.15, 0.2) is 5.69 Å². The molecule has 0 radical (unpaired) electrons. The van der Waals surface area contributed by atoms with E-state index in [4.69, 9.17) is 0 Å². The molecule has 1 aromatic rings. The number of carbonyl (C=O) groups is 1. The van der Waals surface area contributed by atoms with E-state index in [1.807, 2.05) is 20.8 Å². The van der Waals surface area contributed by atoms with Crippen LogP contribution in [0.5, 0.6) is 0 Å². The Morgan fingerprint density at radius 3 is 2.61 bits per heavy atom. The first kappa shape index (κ1) is 14.7. The van der Waals surface area contributed by atoms with Gasteiger partial charge >= 0.3 is 0 Å². The molecule has 0 fully saturated rings. The van der Waals surface area contributed by atoms with Gasteiger partial charge in [-0.25, -0.2) is 4.68 Å². The minimum Gasteiger partial charge on any atom is -0.351 e. The molecule has 1 rings (SSSR count).